The minimum Gasteiger partial charge on any atom is -1.00 e. The number of aryl methyl sites for hydroxylation is 1. The summed E-state index contributed by atoms with van der Waals surface area (Å²) in [6, 6.07) is 16.3. The fourth-order valence-electron chi connectivity index (χ4n) is 2.49. The van der Waals surface area contributed by atoms with E-state index in [0.717, 1.165) is 25.9 Å². The number of nitrogens with zero attached hydrogens (tertiary/aromatic N) is 2. The molecule has 0 unspecified atom stereocenters. The van der Waals surface area contributed by atoms with E-state index < -0.39 is 0 Å². The van der Waals surface area contributed by atoms with Gasteiger partial charge in [-0.1, -0.05) is 36.4 Å². The zero-order chi connectivity index (χ0) is 15.6. The SMILES string of the molecule is CCN(Cc1ccccc1)C(=O)CCCC[n+]1ccccc1.[Br-]. The summed E-state index contributed by atoms with van der Waals surface area (Å²) in [4.78, 5) is 14.2. The molecule has 124 valence electrons. The zero-order valence-corrected chi connectivity index (χ0v) is 15.3. The highest BCUT2D eigenvalue weighted by Gasteiger charge is 2.12. The number of benzene rings is 1. The molecule has 1 amide bonds. The van der Waals surface area contributed by atoms with Crippen LogP contribution in [0.2, 0.25) is 0 Å². The molecule has 0 atom stereocenters. The van der Waals surface area contributed by atoms with E-state index >= 15 is 0 Å². The van der Waals surface area contributed by atoms with Crippen LogP contribution < -0.4 is 21.5 Å². The van der Waals surface area contributed by atoms with Crippen LogP contribution in [0.25, 0.3) is 0 Å². The molecule has 0 aliphatic heterocycles. The second kappa shape index (κ2) is 10.9. The summed E-state index contributed by atoms with van der Waals surface area (Å²) in [5.41, 5.74) is 1.19. The molecule has 0 spiro atoms. The molecule has 23 heavy (non-hydrogen) atoms. The van der Waals surface area contributed by atoms with Gasteiger partial charge in [-0.15, -0.1) is 0 Å². The van der Waals surface area contributed by atoms with Gasteiger partial charge in [0, 0.05) is 38.1 Å². The van der Waals surface area contributed by atoms with E-state index in [-0.39, 0.29) is 22.9 Å². The van der Waals surface area contributed by atoms with Crippen molar-refractivity contribution in [2.45, 2.75) is 39.3 Å². The van der Waals surface area contributed by atoms with Crippen LogP contribution in [0.1, 0.15) is 31.7 Å². The summed E-state index contributed by atoms with van der Waals surface area (Å²) in [6.45, 7) is 4.49. The normalized spacial score (nSPS) is 9.96. The lowest BCUT2D eigenvalue weighted by Gasteiger charge is -2.21. The van der Waals surface area contributed by atoms with E-state index in [1.54, 1.807) is 0 Å². The molecule has 2 aromatic rings. The first-order chi connectivity index (χ1) is 10.8. The van der Waals surface area contributed by atoms with Gasteiger partial charge in [-0.2, -0.15) is 0 Å². The standard InChI is InChI=1S/C19H25N2O.BrH/c1-2-21(17-18-11-5-3-6-12-18)19(22)13-7-10-16-20-14-8-4-9-15-20;/h3-6,8-9,11-12,14-15H,2,7,10,13,16-17H2,1H3;1H/q+1;/p-1. The van der Waals surface area contributed by atoms with Crippen LogP contribution in [0.4, 0.5) is 0 Å². The Kier molecular flexibility index (Phi) is 9.22. The lowest BCUT2D eigenvalue weighted by atomic mass is 10.2. The molecule has 0 fully saturated rings. The maximum atomic E-state index is 12.3. The predicted octanol–water partition coefficient (Wildman–Crippen LogP) is 0.197. The maximum Gasteiger partial charge on any atom is 0.222 e. The molecule has 3 nitrogen and oxygen atoms in total. The number of carbonyl (C=O) groups excluding carboxylic acids is 1. The predicted molar refractivity (Wildman–Crippen MR) is 88.0 cm³/mol. The van der Waals surface area contributed by atoms with E-state index in [9.17, 15) is 4.79 Å². The van der Waals surface area contributed by atoms with Crippen molar-refractivity contribution in [2.24, 2.45) is 0 Å². The molecule has 0 saturated carbocycles. The first kappa shape index (κ1) is 19.4. The highest BCUT2D eigenvalue weighted by atomic mass is 79.9. The Morgan fingerprint density at radius 3 is 2.30 bits per heavy atom. The van der Waals surface area contributed by atoms with Gasteiger partial charge in [-0.05, 0) is 18.9 Å². The molecule has 0 radical (unpaired) electrons. The molecule has 4 heteroatoms. The van der Waals surface area contributed by atoms with E-state index in [4.69, 9.17) is 0 Å². The fourth-order valence-corrected chi connectivity index (χ4v) is 2.49. The van der Waals surface area contributed by atoms with Crippen molar-refractivity contribution in [3.05, 3.63) is 66.5 Å². The summed E-state index contributed by atoms with van der Waals surface area (Å²) < 4.78 is 2.16. The Hall–Kier alpha value is -1.68. The van der Waals surface area contributed by atoms with Crippen molar-refractivity contribution in [1.29, 1.82) is 0 Å². The van der Waals surface area contributed by atoms with Crippen molar-refractivity contribution >= 4 is 5.91 Å². The van der Waals surface area contributed by atoms with Gasteiger partial charge in [0.05, 0.1) is 0 Å². The van der Waals surface area contributed by atoms with Gasteiger partial charge in [0.2, 0.25) is 5.91 Å². The van der Waals surface area contributed by atoms with Crippen LogP contribution in [0, 0.1) is 0 Å². The van der Waals surface area contributed by atoms with Crippen LogP contribution in [0.5, 0.6) is 0 Å². The summed E-state index contributed by atoms with van der Waals surface area (Å²) >= 11 is 0. The van der Waals surface area contributed by atoms with Crippen molar-refractivity contribution in [3.8, 4) is 0 Å². The maximum absolute atomic E-state index is 12.3. The molecule has 1 heterocycles. The first-order valence-electron chi connectivity index (χ1n) is 8.05. The van der Waals surface area contributed by atoms with E-state index in [0.29, 0.717) is 13.0 Å². The third-order valence-corrected chi connectivity index (χ3v) is 3.78. The van der Waals surface area contributed by atoms with E-state index in [2.05, 4.69) is 29.1 Å². The molecular weight excluding hydrogens is 352 g/mol. The van der Waals surface area contributed by atoms with Crippen LogP contribution >= 0.6 is 0 Å². The minimum atomic E-state index is 0. The smallest absolute Gasteiger partial charge is 0.222 e. The number of carbonyl (C=O) groups is 1. The van der Waals surface area contributed by atoms with Gasteiger partial charge in [0.15, 0.2) is 12.4 Å². The van der Waals surface area contributed by atoms with Crippen LogP contribution in [-0.2, 0) is 17.9 Å². The zero-order valence-electron chi connectivity index (χ0n) is 13.7. The van der Waals surface area contributed by atoms with Gasteiger partial charge in [-0.3, -0.25) is 4.79 Å². The Balaban J connectivity index is 0.00000264. The number of aromatic nitrogens is 1. The van der Waals surface area contributed by atoms with Gasteiger partial charge in [-0.25, -0.2) is 4.57 Å². The summed E-state index contributed by atoms with van der Waals surface area (Å²) in [6.07, 6.45) is 6.73. The quantitative estimate of drug-likeness (QED) is 0.476. The highest BCUT2D eigenvalue weighted by Crippen LogP contribution is 2.07. The number of rotatable bonds is 8. The Morgan fingerprint density at radius 1 is 1.00 bits per heavy atom. The molecule has 1 aromatic carbocycles. The van der Waals surface area contributed by atoms with Crippen LogP contribution in [0.15, 0.2) is 60.9 Å². The number of unbranched alkanes of at least 4 members (excludes halogenated alkanes) is 1. The van der Waals surface area contributed by atoms with Crippen molar-refractivity contribution in [3.63, 3.8) is 0 Å². The molecule has 0 bridgehead atoms. The van der Waals surface area contributed by atoms with Crippen molar-refractivity contribution in [2.75, 3.05) is 6.54 Å². The molecule has 0 N–H and O–H groups in total. The molecule has 0 aliphatic rings. The summed E-state index contributed by atoms with van der Waals surface area (Å²) in [7, 11) is 0. The van der Waals surface area contributed by atoms with Gasteiger partial charge < -0.3 is 21.9 Å². The molecule has 0 saturated heterocycles. The molecule has 1 aromatic heterocycles. The molecule has 2 rings (SSSR count). The number of halogens is 1. The number of amides is 1. The fraction of sp³-hybridized carbons (Fsp3) is 0.368. The number of pyridine rings is 1. The summed E-state index contributed by atoms with van der Waals surface area (Å²) in [5.74, 6) is 0.254. The Labute approximate surface area is 149 Å². The van der Waals surface area contributed by atoms with Crippen LogP contribution in [0.3, 0.4) is 0 Å². The third-order valence-electron chi connectivity index (χ3n) is 3.78. The second-order valence-electron chi connectivity index (χ2n) is 5.46. The highest BCUT2D eigenvalue weighted by molar-refractivity contribution is 5.76. The largest absolute Gasteiger partial charge is 1.00 e. The monoisotopic (exact) mass is 376 g/mol. The number of hydrogen-bond donors (Lipinski definition) is 0. The summed E-state index contributed by atoms with van der Waals surface area (Å²) in [5, 5.41) is 0. The topological polar surface area (TPSA) is 24.2 Å². The average Bonchev–Trinajstić information content (AvgIpc) is 2.58. The van der Waals surface area contributed by atoms with Gasteiger partial charge >= 0.3 is 0 Å². The van der Waals surface area contributed by atoms with Crippen molar-refractivity contribution in [1.82, 2.24) is 4.90 Å². The van der Waals surface area contributed by atoms with Gasteiger partial charge in [0.25, 0.3) is 0 Å². The van der Waals surface area contributed by atoms with Crippen molar-refractivity contribution < 1.29 is 26.3 Å². The first-order valence-corrected chi connectivity index (χ1v) is 8.05. The third kappa shape index (κ3) is 6.95. The minimum absolute atomic E-state index is 0. The van der Waals surface area contributed by atoms with E-state index in [1.165, 1.54) is 5.56 Å². The average molecular weight is 377 g/mol. The van der Waals surface area contributed by atoms with E-state index in [1.807, 2.05) is 48.2 Å². The Morgan fingerprint density at radius 2 is 1.65 bits per heavy atom. The number of hydrogen-bond acceptors (Lipinski definition) is 1. The molecular formula is C19H25BrN2O. The molecule has 0 aliphatic carbocycles. The lowest BCUT2D eigenvalue weighted by Crippen LogP contribution is -3.00. The second-order valence-corrected chi connectivity index (χ2v) is 5.46. The lowest BCUT2D eigenvalue weighted by molar-refractivity contribution is -0.697. The van der Waals surface area contributed by atoms with Gasteiger partial charge in [0.1, 0.15) is 6.54 Å². The Bertz CT molecular complexity index is 560. The van der Waals surface area contributed by atoms with Crippen LogP contribution in [-0.4, -0.2) is 17.4 Å².